The highest BCUT2D eigenvalue weighted by atomic mass is 32.2. The average molecular weight is 671 g/mol. The molecule has 4 aliphatic heterocycles. The smallest absolute Gasteiger partial charge is 0.543 e. The van der Waals surface area contributed by atoms with Gasteiger partial charge in [0.25, 0.3) is 15.9 Å². The quantitative estimate of drug-likeness (QED) is 0.199. The van der Waals surface area contributed by atoms with Gasteiger partial charge in [-0.3, -0.25) is 13.9 Å². The molecule has 4 N–H and O–H groups in total. The van der Waals surface area contributed by atoms with Crippen molar-refractivity contribution < 1.29 is 43.4 Å². The van der Waals surface area contributed by atoms with Crippen molar-refractivity contribution in [2.75, 3.05) is 77.3 Å². The molecule has 2 aromatic carbocycles. The molecule has 0 saturated carbocycles. The second-order valence-electron chi connectivity index (χ2n) is 14.3. The molecular formula is C33H46N6O7S+2. The number of nitrogens with two attached hydrogens (primary N) is 1. The molecule has 2 amide bonds. The number of likely N-dealkylation sites (N-methyl/N-ethyl adjacent to an activating group) is 2. The van der Waals surface area contributed by atoms with Crippen molar-refractivity contribution in [2.45, 2.75) is 37.3 Å². The average Bonchev–Trinajstić information content (AvgIpc) is 3.38. The first kappa shape index (κ1) is 33.3. The lowest BCUT2D eigenvalue weighted by molar-refractivity contribution is -1.01. The summed E-state index contributed by atoms with van der Waals surface area (Å²) in [4.78, 5) is 38.8. The van der Waals surface area contributed by atoms with Crippen LogP contribution in [0, 0.1) is 11.8 Å². The number of hydrogen-bond donors (Lipinski definition) is 3. The normalized spacial score (nSPS) is 30.0. The summed E-state index contributed by atoms with van der Waals surface area (Å²) in [5.41, 5.74) is 7.02. The maximum Gasteiger partial charge on any atom is 1.00 e. The lowest BCUT2D eigenvalue weighted by Crippen LogP contribution is -2.66. The molecule has 6 rings (SSSR count). The van der Waals surface area contributed by atoms with Crippen LogP contribution in [0.4, 0.5) is 5.69 Å². The van der Waals surface area contributed by atoms with Crippen LogP contribution < -0.4 is 20.5 Å². The van der Waals surface area contributed by atoms with Crippen molar-refractivity contribution in [3.8, 4) is 0 Å². The fourth-order valence-electron chi connectivity index (χ4n) is 8.05. The van der Waals surface area contributed by atoms with Gasteiger partial charge in [0.15, 0.2) is 6.54 Å². The van der Waals surface area contributed by atoms with Crippen LogP contribution in [-0.2, 0) is 30.8 Å². The Balaban J connectivity index is 0.00000451. The third-order valence-corrected chi connectivity index (χ3v) is 12.8. The van der Waals surface area contributed by atoms with E-state index in [1.54, 1.807) is 19.1 Å². The van der Waals surface area contributed by atoms with Gasteiger partial charge in [0.1, 0.15) is 26.2 Å². The number of carbonyl (C=O) groups is 3. The lowest BCUT2D eigenvalue weighted by atomic mass is 9.78. The first-order valence-corrected chi connectivity index (χ1v) is 17.7. The molecule has 4 aliphatic rings. The fraction of sp³-hybridized carbons (Fsp3) is 0.545. The van der Waals surface area contributed by atoms with E-state index in [0.717, 1.165) is 59.5 Å². The molecular weight excluding hydrogens is 624 g/mol. The van der Waals surface area contributed by atoms with Crippen LogP contribution >= 0.6 is 0 Å². The molecule has 4 atom stereocenters. The number of anilines is 1. The Hall–Kier alpha value is -3.56. The summed E-state index contributed by atoms with van der Waals surface area (Å²) in [7, 11) is 0.321. The largest absolute Gasteiger partial charge is 1.00 e. The van der Waals surface area contributed by atoms with Gasteiger partial charge in [-0.15, -0.1) is 0 Å². The molecule has 13 nitrogen and oxygen atoms in total. The van der Waals surface area contributed by atoms with Gasteiger partial charge in [0, 0.05) is 30.8 Å². The molecule has 254 valence electrons. The number of β-lactam (4-membered cyclic amide) rings is 1. The van der Waals surface area contributed by atoms with Crippen molar-refractivity contribution in [2.24, 2.45) is 17.6 Å². The van der Waals surface area contributed by atoms with Crippen molar-refractivity contribution in [3.63, 3.8) is 0 Å². The Morgan fingerprint density at radius 1 is 1.15 bits per heavy atom. The van der Waals surface area contributed by atoms with E-state index in [9.17, 15) is 33.0 Å². The maximum atomic E-state index is 14.0. The van der Waals surface area contributed by atoms with Gasteiger partial charge in [0.05, 0.1) is 67.5 Å². The number of benzene rings is 2. The highest BCUT2D eigenvalue weighted by molar-refractivity contribution is 7.93. The van der Waals surface area contributed by atoms with Gasteiger partial charge in [0.2, 0.25) is 5.91 Å². The van der Waals surface area contributed by atoms with Crippen LogP contribution in [0.2, 0.25) is 0 Å². The highest BCUT2D eigenvalue weighted by Gasteiger charge is 2.59. The predicted octanol–water partition coefficient (Wildman–Crippen LogP) is -1.15. The number of quaternary nitrogens is 2. The van der Waals surface area contributed by atoms with Crippen molar-refractivity contribution in [3.05, 3.63) is 47.2 Å². The van der Waals surface area contributed by atoms with E-state index in [4.69, 9.17) is 5.73 Å². The number of aliphatic hydroxyl groups excluding tert-OH is 1. The maximum absolute atomic E-state index is 14.0. The number of rotatable bonds is 11. The van der Waals surface area contributed by atoms with E-state index in [-0.39, 0.29) is 24.5 Å². The highest BCUT2D eigenvalue weighted by Crippen LogP contribution is 2.49. The van der Waals surface area contributed by atoms with Gasteiger partial charge in [-0.2, -0.15) is 0 Å². The Morgan fingerprint density at radius 2 is 1.83 bits per heavy atom. The van der Waals surface area contributed by atoms with Crippen LogP contribution in [0.25, 0.3) is 10.8 Å². The number of nitrogens with one attached hydrogen (secondary N) is 1. The number of carboxylic acid groups (broad SMARTS) is 1. The van der Waals surface area contributed by atoms with Crippen LogP contribution in [0.1, 0.15) is 20.8 Å². The summed E-state index contributed by atoms with van der Waals surface area (Å²) < 4.78 is 30.8. The number of nitrogens with zero attached hydrogens (tertiary/aromatic N) is 4. The molecule has 3 unspecified atom stereocenters. The number of carboxylic acids is 1. The second-order valence-corrected chi connectivity index (χ2v) is 16.1. The summed E-state index contributed by atoms with van der Waals surface area (Å²) in [6.07, 6.45) is -0.236. The van der Waals surface area contributed by atoms with E-state index >= 15 is 0 Å². The molecule has 2 aromatic rings. The molecule has 14 heteroatoms. The summed E-state index contributed by atoms with van der Waals surface area (Å²) in [5.74, 6) is -3.25. The number of aliphatic hydroxyl groups is 1. The minimum Gasteiger partial charge on any atom is -0.543 e. The topological polar surface area (TPSA) is 173 Å². The summed E-state index contributed by atoms with van der Waals surface area (Å²) >= 11 is 0. The molecule has 4 heterocycles. The zero-order valence-electron chi connectivity index (χ0n) is 28.4. The molecule has 0 radical (unpaired) electrons. The predicted molar refractivity (Wildman–Crippen MR) is 174 cm³/mol. The number of sulfonamides is 1. The van der Waals surface area contributed by atoms with Crippen molar-refractivity contribution in [1.82, 2.24) is 10.2 Å². The molecule has 0 bridgehead atoms. The minimum atomic E-state index is -4.02. The van der Waals surface area contributed by atoms with E-state index in [1.807, 2.05) is 18.2 Å². The van der Waals surface area contributed by atoms with Crippen LogP contribution in [0.15, 0.2) is 46.5 Å². The summed E-state index contributed by atoms with van der Waals surface area (Å²) in [6, 6.07) is 8.45. The molecule has 47 heavy (non-hydrogen) atoms. The van der Waals surface area contributed by atoms with Gasteiger partial charge in [-0.1, -0.05) is 25.1 Å². The Labute approximate surface area is 276 Å². The Kier molecular flexibility index (Phi) is 8.40. The van der Waals surface area contributed by atoms with Gasteiger partial charge in [-0.25, -0.2) is 8.42 Å². The van der Waals surface area contributed by atoms with Gasteiger partial charge in [-0.05, 0) is 35.6 Å². The van der Waals surface area contributed by atoms with Crippen molar-refractivity contribution in [1.29, 1.82) is 0 Å². The van der Waals surface area contributed by atoms with Crippen molar-refractivity contribution >= 4 is 44.3 Å². The SMILES string of the molecule is CC(O)C1C(=O)N2C(C(=O)[O-])=C(CN3c4cccc5c(CC[N+]6(C)CC[N+](C)(CC(=O)NCCN)CC6)ccc(c45)S3(=O)=O)[C@H](C)C12.[H+]. The van der Waals surface area contributed by atoms with E-state index in [2.05, 4.69) is 19.4 Å². The molecule has 2 saturated heterocycles. The first-order valence-electron chi connectivity index (χ1n) is 16.3. The van der Waals surface area contributed by atoms with E-state index in [1.165, 1.54) is 11.2 Å². The number of aliphatic carboxylic acids is 1. The van der Waals surface area contributed by atoms with Crippen LogP contribution in [0.5, 0.6) is 0 Å². The van der Waals surface area contributed by atoms with Gasteiger partial charge >= 0.3 is 1.43 Å². The zero-order chi connectivity index (χ0) is 34.1. The van der Waals surface area contributed by atoms with Crippen LogP contribution in [-0.4, -0.2) is 130 Å². The third kappa shape index (κ3) is 5.49. The fourth-order valence-corrected chi connectivity index (χ4v) is 9.72. The number of piperazine rings is 1. The lowest BCUT2D eigenvalue weighted by Gasteiger charge is -2.47. The zero-order valence-corrected chi connectivity index (χ0v) is 28.3. The van der Waals surface area contributed by atoms with Crippen LogP contribution in [0.3, 0.4) is 0 Å². The van der Waals surface area contributed by atoms with E-state index < -0.39 is 45.9 Å². The van der Waals surface area contributed by atoms with E-state index in [0.29, 0.717) is 40.8 Å². The number of fused-ring (bicyclic) bond motifs is 1. The standard InChI is InChI=1S/C33H44N6O7S/c1-20-24(31(33(43)44)37-30(20)28(21(2)40)32(37)42)18-36-25-7-5-6-23-22(8-9-26(29(23)25)47(36,45)46)10-13-38(3)14-16-39(4,17-15-38)19-27(41)35-12-11-34/h5-9,20-21,28,30,40H,10-19,34H2,1-4H3/p+2/t20-,21?,28?,30?,38?,39?/m0/s1. The summed E-state index contributed by atoms with van der Waals surface area (Å²) in [5, 5.41) is 26.8. The monoisotopic (exact) mass is 670 g/mol. The molecule has 2 fully saturated rings. The number of carbonyl (C=O) groups excluding carboxylic acids is 3. The minimum absolute atomic E-state index is 0. The number of hydrogen-bond acceptors (Lipinski definition) is 8. The Bertz CT molecular complexity index is 1790. The Morgan fingerprint density at radius 3 is 2.47 bits per heavy atom. The molecule has 0 aliphatic carbocycles. The summed E-state index contributed by atoms with van der Waals surface area (Å²) in [6.45, 7) is 8.75. The van der Waals surface area contributed by atoms with Gasteiger partial charge < -0.3 is 39.9 Å². The second kappa shape index (κ2) is 11.8. The molecule has 0 aromatic heterocycles. The third-order valence-electron chi connectivity index (χ3n) is 11.0. The first-order chi connectivity index (χ1) is 22.1. The number of amides is 2. The molecule has 0 spiro atoms.